The maximum absolute atomic E-state index is 12.8. The second-order valence-electron chi connectivity index (χ2n) is 14.9. The molecule has 0 bridgehead atoms. The molecule has 9 atom stereocenters. The lowest BCUT2D eigenvalue weighted by molar-refractivity contribution is -0.216. The highest BCUT2D eigenvalue weighted by molar-refractivity contribution is 5.76. The zero-order valence-electron chi connectivity index (χ0n) is 22.4. The first-order chi connectivity index (χ1) is 15.7. The third-order valence-corrected chi connectivity index (χ3v) is 13.2. The molecule has 0 aliphatic heterocycles. The van der Waals surface area contributed by atoms with Gasteiger partial charge in [0.15, 0.2) is 0 Å². The molecule has 3 unspecified atom stereocenters. The molecule has 34 heavy (non-hydrogen) atoms. The van der Waals surface area contributed by atoms with Gasteiger partial charge in [0.05, 0.1) is 18.1 Å². The number of carboxylic acids is 1. The second kappa shape index (κ2) is 7.34. The molecule has 0 aromatic carbocycles. The van der Waals surface area contributed by atoms with Crippen LogP contribution >= 0.6 is 0 Å². The van der Waals surface area contributed by atoms with Crippen LogP contribution in [0.5, 0.6) is 0 Å². The highest BCUT2D eigenvalue weighted by Gasteiger charge is 2.69. The molecule has 192 valence electrons. The van der Waals surface area contributed by atoms with Crippen LogP contribution in [-0.2, 0) is 4.79 Å². The quantitative estimate of drug-likeness (QED) is 0.418. The van der Waals surface area contributed by atoms with Gasteiger partial charge in [-0.3, -0.25) is 4.79 Å². The van der Waals surface area contributed by atoms with Gasteiger partial charge in [0.2, 0.25) is 0 Å². The number of fused-ring (bicyclic) bond motifs is 7. The molecule has 0 amide bonds. The van der Waals surface area contributed by atoms with Crippen LogP contribution in [0.4, 0.5) is 0 Å². The summed E-state index contributed by atoms with van der Waals surface area (Å²) in [5.74, 6) is 0.395. The molecule has 4 heteroatoms. The van der Waals surface area contributed by atoms with Crippen molar-refractivity contribution in [2.24, 2.45) is 50.2 Å². The normalized spacial score (nSPS) is 54.1. The lowest BCUT2D eigenvalue weighted by atomic mass is 9.33. The molecule has 0 radical (unpaired) electrons. The van der Waals surface area contributed by atoms with E-state index in [1.807, 2.05) is 0 Å². The Kier molecular flexibility index (Phi) is 5.36. The molecule has 5 rings (SSSR count). The lowest BCUT2D eigenvalue weighted by Gasteiger charge is -2.71. The average molecular weight is 473 g/mol. The zero-order valence-corrected chi connectivity index (χ0v) is 22.4. The molecule has 4 saturated carbocycles. The number of carbonyl (C=O) groups is 1. The molecule has 0 heterocycles. The summed E-state index contributed by atoms with van der Waals surface area (Å²) in [6.07, 6.45) is 11.6. The molecule has 4 fully saturated rings. The van der Waals surface area contributed by atoms with Crippen LogP contribution in [0, 0.1) is 50.2 Å². The summed E-state index contributed by atoms with van der Waals surface area (Å²) < 4.78 is 0. The number of hydrogen-bond donors (Lipinski definition) is 3. The van der Waals surface area contributed by atoms with E-state index in [-0.39, 0.29) is 34.2 Å². The van der Waals surface area contributed by atoms with Crippen molar-refractivity contribution in [3.8, 4) is 0 Å². The van der Waals surface area contributed by atoms with Crippen molar-refractivity contribution in [2.75, 3.05) is 6.61 Å². The summed E-state index contributed by atoms with van der Waals surface area (Å²) in [7, 11) is 0. The summed E-state index contributed by atoms with van der Waals surface area (Å²) in [5, 5.41) is 31.8. The van der Waals surface area contributed by atoms with Crippen molar-refractivity contribution in [3.63, 3.8) is 0 Å². The number of allylic oxidation sites excluding steroid dienone is 2. The Morgan fingerprint density at radius 2 is 1.62 bits per heavy atom. The SMILES string of the molecule is CC1(C)CC[C@]2(C(=O)O)CC[C@]3(C)C(=CCC4[C@@]5(C)CC[C@H](O)C(C)(CO)C5CC[C@]43C)[C@H]2C1. The van der Waals surface area contributed by atoms with Crippen LogP contribution < -0.4 is 0 Å². The fourth-order valence-corrected chi connectivity index (χ4v) is 10.7. The van der Waals surface area contributed by atoms with E-state index >= 15 is 0 Å². The molecule has 5 aliphatic rings. The zero-order chi connectivity index (χ0) is 24.9. The summed E-state index contributed by atoms with van der Waals surface area (Å²) >= 11 is 0. The minimum absolute atomic E-state index is 0.0204. The van der Waals surface area contributed by atoms with Crippen LogP contribution in [0.2, 0.25) is 0 Å². The Morgan fingerprint density at radius 3 is 2.26 bits per heavy atom. The predicted octanol–water partition coefficient (Wildman–Crippen LogP) is 6.21. The maximum atomic E-state index is 12.8. The second-order valence-corrected chi connectivity index (χ2v) is 14.9. The molecular weight excluding hydrogens is 424 g/mol. The van der Waals surface area contributed by atoms with E-state index in [0.29, 0.717) is 11.8 Å². The third-order valence-electron chi connectivity index (χ3n) is 13.2. The van der Waals surface area contributed by atoms with E-state index in [1.165, 1.54) is 5.57 Å². The van der Waals surface area contributed by atoms with Gasteiger partial charge in [0, 0.05) is 5.41 Å². The van der Waals surface area contributed by atoms with Gasteiger partial charge in [-0.15, -0.1) is 0 Å². The predicted molar refractivity (Wildman–Crippen MR) is 134 cm³/mol. The van der Waals surface area contributed by atoms with E-state index < -0.39 is 22.9 Å². The number of aliphatic hydroxyl groups excluding tert-OH is 2. The number of rotatable bonds is 2. The Bertz CT molecular complexity index is 907. The molecule has 4 nitrogen and oxygen atoms in total. The van der Waals surface area contributed by atoms with Gasteiger partial charge in [0.25, 0.3) is 0 Å². The minimum Gasteiger partial charge on any atom is -0.481 e. The van der Waals surface area contributed by atoms with E-state index in [4.69, 9.17) is 0 Å². The molecule has 5 aliphatic carbocycles. The molecule has 0 aromatic heterocycles. The average Bonchev–Trinajstić information content (AvgIpc) is 2.76. The monoisotopic (exact) mass is 472 g/mol. The summed E-state index contributed by atoms with van der Waals surface area (Å²) in [6.45, 7) is 14.3. The molecule has 0 saturated heterocycles. The molecule has 0 aromatic rings. The maximum Gasteiger partial charge on any atom is 0.310 e. The number of aliphatic carboxylic acids is 1. The highest BCUT2D eigenvalue weighted by Crippen LogP contribution is 2.75. The highest BCUT2D eigenvalue weighted by atomic mass is 16.4. The molecule has 3 N–H and O–H groups in total. The van der Waals surface area contributed by atoms with E-state index in [2.05, 4.69) is 47.6 Å². The van der Waals surface area contributed by atoms with Crippen molar-refractivity contribution >= 4 is 5.97 Å². The summed E-state index contributed by atoms with van der Waals surface area (Å²) in [5.41, 5.74) is 0.858. The molecule has 0 spiro atoms. The number of hydrogen-bond acceptors (Lipinski definition) is 3. The van der Waals surface area contributed by atoms with Gasteiger partial charge < -0.3 is 15.3 Å². The first-order valence-electron chi connectivity index (χ1n) is 13.9. The fraction of sp³-hybridized carbons (Fsp3) is 0.900. The number of carboxylic acid groups (broad SMARTS) is 1. The van der Waals surface area contributed by atoms with Gasteiger partial charge in [-0.05, 0) is 104 Å². The Morgan fingerprint density at radius 1 is 0.941 bits per heavy atom. The lowest BCUT2D eigenvalue weighted by Crippen LogP contribution is -2.65. The molecular formula is C30H48O4. The van der Waals surface area contributed by atoms with Crippen molar-refractivity contribution in [3.05, 3.63) is 11.6 Å². The van der Waals surface area contributed by atoms with E-state index in [1.54, 1.807) is 0 Å². The van der Waals surface area contributed by atoms with Crippen LogP contribution in [-0.4, -0.2) is 34.0 Å². The van der Waals surface area contributed by atoms with Gasteiger partial charge in [-0.1, -0.05) is 53.2 Å². The van der Waals surface area contributed by atoms with Gasteiger partial charge in [0.1, 0.15) is 0 Å². The van der Waals surface area contributed by atoms with Gasteiger partial charge in [-0.25, -0.2) is 0 Å². The first-order valence-corrected chi connectivity index (χ1v) is 13.9. The van der Waals surface area contributed by atoms with Crippen LogP contribution in [0.25, 0.3) is 0 Å². The van der Waals surface area contributed by atoms with Crippen molar-refractivity contribution in [2.45, 2.75) is 112 Å². The van der Waals surface area contributed by atoms with Crippen LogP contribution in [0.15, 0.2) is 11.6 Å². The smallest absolute Gasteiger partial charge is 0.310 e. The fourth-order valence-electron chi connectivity index (χ4n) is 10.7. The van der Waals surface area contributed by atoms with Crippen LogP contribution in [0.1, 0.15) is 106 Å². The minimum atomic E-state index is -0.588. The Labute approximate surface area is 206 Å². The van der Waals surface area contributed by atoms with Gasteiger partial charge in [-0.2, -0.15) is 0 Å². The summed E-state index contributed by atoms with van der Waals surface area (Å²) in [4.78, 5) is 12.8. The van der Waals surface area contributed by atoms with Crippen molar-refractivity contribution in [1.29, 1.82) is 0 Å². The van der Waals surface area contributed by atoms with E-state index in [0.717, 1.165) is 64.2 Å². The third kappa shape index (κ3) is 2.88. The largest absolute Gasteiger partial charge is 0.481 e. The first kappa shape index (κ1) is 24.8. The Hall–Kier alpha value is -0.870. The standard InChI is InChI=1S/C30H48O4/c1-25(2)13-15-30(24(33)34)16-14-28(5)19(20(30)17-25)7-8-22-26(3)11-10-23(32)27(4,18-31)21(26)9-12-29(22,28)6/h7,20-23,31-32H,8-18H2,1-6H3,(H,33,34)/t20-,21?,22?,23+,26+,27?,28-,29-,30+/m1/s1. The Balaban J connectivity index is 1.60. The van der Waals surface area contributed by atoms with Crippen molar-refractivity contribution in [1.82, 2.24) is 0 Å². The summed E-state index contributed by atoms with van der Waals surface area (Å²) in [6, 6.07) is 0. The van der Waals surface area contributed by atoms with E-state index in [9.17, 15) is 20.1 Å². The van der Waals surface area contributed by atoms with Crippen LogP contribution in [0.3, 0.4) is 0 Å². The van der Waals surface area contributed by atoms with Gasteiger partial charge >= 0.3 is 5.97 Å². The van der Waals surface area contributed by atoms with Crippen molar-refractivity contribution < 1.29 is 20.1 Å². The topological polar surface area (TPSA) is 77.8 Å². The number of aliphatic hydroxyl groups is 2.